The Bertz CT molecular complexity index is 942. The van der Waals surface area contributed by atoms with Gasteiger partial charge in [0.25, 0.3) is 5.91 Å². The highest BCUT2D eigenvalue weighted by Gasteiger charge is 2.22. The fourth-order valence-electron chi connectivity index (χ4n) is 3.68. The van der Waals surface area contributed by atoms with Gasteiger partial charge in [-0.15, -0.1) is 0 Å². The van der Waals surface area contributed by atoms with Gasteiger partial charge in [0.05, 0.1) is 0 Å². The molecule has 0 aliphatic rings. The molecule has 1 aromatic carbocycles. The molecule has 3 rings (SSSR count). The monoisotopic (exact) mass is 361 g/mol. The molecule has 0 spiro atoms. The zero-order valence-corrected chi connectivity index (χ0v) is 16.5. The van der Waals surface area contributed by atoms with E-state index in [0.29, 0.717) is 13.1 Å². The largest absolute Gasteiger partial charge is 0.347 e. The minimum absolute atomic E-state index is 0.0271. The van der Waals surface area contributed by atoms with E-state index in [0.717, 1.165) is 23.2 Å². The first-order valence-electron chi connectivity index (χ1n) is 9.43. The van der Waals surface area contributed by atoms with Crippen molar-refractivity contribution >= 4 is 5.91 Å². The summed E-state index contributed by atoms with van der Waals surface area (Å²) in [4.78, 5) is 17.1. The smallest absolute Gasteiger partial charge is 0.268 e. The third-order valence-electron chi connectivity index (χ3n) is 5.28. The maximum absolute atomic E-state index is 13.1. The van der Waals surface area contributed by atoms with Crippen molar-refractivity contribution in [3.05, 3.63) is 88.0 Å². The molecule has 2 aromatic heterocycles. The lowest BCUT2D eigenvalue weighted by Crippen LogP contribution is -2.26. The van der Waals surface area contributed by atoms with Crippen LogP contribution in [-0.4, -0.2) is 15.5 Å². The summed E-state index contributed by atoms with van der Waals surface area (Å²) in [5, 5.41) is 3.07. The van der Waals surface area contributed by atoms with E-state index < -0.39 is 0 Å². The van der Waals surface area contributed by atoms with Crippen molar-refractivity contribution in [3.8, 4) is 0 Å². The summed E-state index contributed by atoms with van der Waals surface area (Å²) in [5.41, 5.74) is 7.80. The van der Waals surface area contributed by atoms with Gasteiger partial charge in [0.1, 0.15) is 5.69 Å². The Balaban J connectivity index is 1.93. The average molecular weight is 361 g/mol. The summed E-state index contributed by atoms with van der Waals surface area (Å²) in [6, 6.07) is 12.2. The zero-order valence-electron chi connectivity index (χ0n) is 16.5. The van der Waals surface area contributed by atoms with Crippen LogP contribution < -0.4 is 5.32 Å². The van der Waals surface area contributed by atoms with Gasteiger partial charge in [-0.3, -0.25) is 9.78 Å². The van der Waals surface area contributed by atoms with Crippen molar-refractivity contribution in [2.75, 3.05) is 0 Å². The highest BCUT2D eigenvalue weighted by molar-refractivity contribution is 5.95. The molecule has 4 nitrogen and oxygen atoms in total. The third-order valence-corrected chi connectivity index (χ3v) is 5.28. The van der Waals surface area contributed by atoms with Gasteiger partial charge < -0.3 is 9.88 Å². The van der Waals surface area contributed by atoms with Crippen molar-refractivity contribution in [1.29, 1.82) is 0 Å². The van der Waals surface area contributed by atoms with Crippen LogP contribution in [0.25, 0.3) is 0 Å². The first-order valence-corrected chi connectivity index (χ1v) is 9.43. The molecular weight excluding hydrogens is 334 g/mol. The summed E-state index contributed by atoms with van der Waals surface area (Å²) in [7, 11) is 0. The minimum Gasteiger partial charge on any atom is -0.347 e. The van der Waals surface area contributed by atoms with Crippen LogP contribution in [0.1, 0.15) is 50.9 Å². The Kier molecular flexibility index (Phi) is 5.75. The molecule has 4 heteroatoms. The molecule has 3 aromatic rings. The SMILES string of the molecule is CCc1c(C)c(C(=O)NCc2ccncc2)n(Cc2ccccc2C)c1C. The standard InChI is InChI=1S/C23H27N3O/c1-5-21-17(3)22(23(27)25-14-19-10-12-24-13-11-19)26(18(21)4)15-20-9-7-6-8-16(20)2/h6-13H,5,14-15H2,1-4H3,(H,25,27). The molecule has 0 aliphatic carbocycles. The summed E-state index contributed by atoms with van der Waals surface area (Å²) < 4.78 is 2.17. The van der Waals surface area contributed by atoms with Gasteiger partial charge in [0, 0.05) is 31.2 Å². The zero-order chi connectivity index (χ0) is 19.4. The molecule has 0 bridgehead atoms. The molecule has 1 N–H and O–H groups in total. The fourth-order valence-corrected chi connectivity index (χ4v) is 3.68. The van der Waals surface area contributed by atoms with Gasteiger partial charge >= 0.3 is 0 Å². The van der Waals surface area contributed by atoms with Gasteiger partial charge in [-0.1, -0.05) is 31.2 Å². The number of nitrogens with one attached hydrogen (secondary N) is 1. The number of pyridine rings is 1. The van der Waals surface area contributed by atoms with Crippen LogP contribution in [0.4, 0.5) is 0 Å². The molecule has 0 aliphatic heterocycles. The fraction of sp³-hybridized carbons (Fsp3) is 0.304. The van der Waals surface area contributed by atoms with E-state index in [4.69, 9.17) is 0 Å². The van der Waals surface area contributed by atoms with Gasteiger partial charge in [-0.2, -0.15) is 0 Å². The van der Waals surface area contributed by atoms with Crippen molar-refractivity contribution in [2.45, 2.75) is 47.2 Å². The number of carbonyl (C=O) groups is 1. The van der Waals surface area contributed by atoms with Gasteiger partial charge in [-0.05, 0) is 67.1 Å². The van der Waals surface area contributed by atoms with Crippen LogP contribution in [0.2, 0.25) is 0 Å². The first kappa shape index (κ1) is 18.9. The second-order valence-electron chi connectivity index (χ2n) is 6.94. The van der Waals surface area contributed by atoms with Crippen LogP contribution in [0, 0.1) is 20.8 Å². The second kappa shape index (κ2) is 8.21. The predicted octanol–water partition coefficient (Wildman–Crippen LogP) is 4.35. The van der Waals surface area contributed by atoms with Crippen LogP contribution in [-0.2, 0) is 19.5 Å². The second-order valence-corrected chi connectivity index (χ2v) is 6.94. The lowest BCUT2D eigenvalue weighted by molar-refractivity contribution is 0.0941. The lowest BCUT2D eigenvalue weighted by Gasteiger charge is -2.14. The number of rotatable bonds is 6. The van der Waals surface area contributed by atoms with E-state index in [-0.39, 0.29) is 5.91 Å². The number of nitrogens with zero attached hydrogens (tertiary/aromatic N) is 2. The number of amides is 1. The maximum atomic E-state index is 13.1. The first-order chi connectivity index (χ1) is 13.0. The molecular formula is C23H27N3O. The Labute approximate surface area is 161 Å². The van der Waals surface area contributed by atoms with E-state index in [1.54, 1.807) is 12.4 Å². The molecule has 0 atom stereocenters. The van der Waals surface area contributed by atoms with Gasteiger partial charge in [0.15, 0.2) is 0 Å². The number of benzene rings is 1. The minimum atomic E-state index is -0.0271. The van der Waals surface area contributed by atoms with Crippen LogP contribution in [0.3, 0.4) is 0 Å². The Morgan fingerprint density at radius 2 is 1.78 bits per heavy atom. The quantitative estimate of drug-likeness (QED) is 0.709. The normalized spacial score (nSPS) is 10.8. The molecule has 2 heterocycles. The average Bonchev–Trinajstić information content (AvgIpc) is 2.92. The summed E-state index contributed by atoms with van der Waals surface area (Å²) in [5.74, 6) is -0.0271. The summed E-state index contributed by atoms with van der Waals surface area (Å²) in [6.07, 6.45) is 4.41. The Morgan fingerprint density at radius 3 is 2.44 bits per heavy atom. The molecule has 0 radical (unpaired) electrons. The van der Waals surface area contributed by atoms with Crippen LogP contribution in [0.5, 0.6) is 0 Å². The van der Waals surface area contributed by atoms with Crippen molar-refractivity contribution < 1.29 is 4.79 Å². The summed E-state index contributed by atoms with van der Waals surface area (Å²) in [6.45, 7) is 9.64. The molecule has 0 saturated heterocycles. The molecule has 1 amide bonds. The number of hydrogen-bond acceptors (Lipinski definition) is 2. The molecule has 0 unspecified atom stereocenters. The lowest BCUT2D eigenvalue weighted by atomic mass is 10.1. The van der Waals surface area contributed by atoms with Gasteiger partial charge in [0.2, 0.25) is 0 Å². The van der Waals surface area contributed by atoms with Crippen LogP contribution >= 0.6 is 0 Å². The maximum Gasteiger partial charge on any atom is 0.268 e. The molecule has 0 fully saturated rings. The van der Waals surface area contributed by atoms with Crippen LogP contribution in [0.15, 0.2) is 48.8 Å². The van der Waals surface area contributed by atoms with Crippen molar-refractivity contribution in [3.63, 3.8) is 0 Å². The topological polar surface area (TPSA) is 46.9 Å². The number of carbonyl (C=O) groups excluding carboxylic acids is 1. The van der Waals surface area contributed by atoms with E-state index >= 15 is 0 Å². The van der Waals surface area contributed by atoms with E-state index in [9.17, 15) is 4.79 Å². The highest BCUT2D eigenvalue weighted by atomic mass is 16.1. The highest BCUT2D eigenvalue weighted by Crippen LogP contribution is 2.25. The molecule has 140 valence electrons. The molecule has 27 heavy (non-hydrogen) atoms. The van der Waals surface area contributed by atoms with E-state index in [2.05, 4.69) is 60.8 Å². The van der Waals surface area contributed by atoms with E-state index in [1.807, 2.05) is 18.2 Å². The summed E-state index contributed by atoms with van der Waals surface area (Å²) >= 11 is 0. The predicted molar refractivity (Wildman–Crippen MR) is 109 cm³/mol. The Hall–Kier alpha value is -2.88. The van der Waals surface area contributed by atoms with E-state index in [1.165, 1.54) is 22.4 Å². The van der Waals surface area contributed by atoms with Crippen molar-refractivity contribution in [1.82, 2.24) is 14.9 Å². The number of aryl methyl sites for hydroxylation is 1. The third kappa shape index (κ3) is 3.95. The number of hydrogen-bond donors (Lipinski definition) is 1. The molecule has 0 saturated carbocycles. The van der Waals surface area contributed by atoms with Crippen molar-refractivity contribution in [2.24, 2.45) is 0 Å². The Morgan fingerprint density at radius 1 is 1.07 bits per heavy atom. The van der Waals surface area contributed by atoms with Gasteiger partial charge in [-0.25, -0.2) is 0 Å². The number of aromatic nitrogens is 2.